The monoisotopic (exact) mass is 523 g/mol. The summed E-state index contributed by atoms with van der Waals surface area (Å²) in [6, 6.07) is 22.7. The molecule has 0 spiro atoms. The van der Waals surface area contributed by atoms with Crippen molar-refractivity contribution in [3.8, 4) is 0 Å². The largest absolute Gasteiger partial charge is 0.336 e. The van der Waals surface area contributed by atoms with Gasteiger partial charge in [0.25, 0.3) is 5.91 Å². The zero-order valence-electron chi connectivity index (χ0n) is 20.3. The molecular weight excluding hydrogens is 490 g/mol. The lowest BCUT2D eigenvalue weighted by molar-refractivity contribution is 0.0455. The first-order valence-electron chi connectivity index (χ1n) is 12.6. The van der Waals surface area contributed by atoms with Crippen molar-refractivity contribution < 1.29 is 13.2 Å². The van der Waals surface area contributed by atoms with Crippen molar-refractivity contribution in [2.45, 2.75) is 35.1 Å². The molecule has 6 nitrogen and oxygen atoms in total. The van der Waals surface area contributed by atoms with Gasteiger partial charge in [0.2, 0.25) is 0 Å². The van der Waals surface area contributed by atoms with Crippen molar-refractivity contribution in [3.63, 3.8) is 0 Å². The Kier molecular flexibility index (Phi) is 7.67. The maximum absolute atomic E-state index is 13.6. The van der Waals surface area contributed by atoms with Gasteiger partial charge in [0.1, 0.15) is 0 Å². The molecule has 190 valence electrons. The van der Waals surface area contributed by atoms with Gasteiger partial charge in [-0.15, -0.1) is 0 Å². The molecule has 3 aromatic carbocycles. The molecule has 0 aliphatic carbocycles. The molecule has 2 fully saturated rings. The molecule has 0 saturated carbocycles. The first-order valence-corrected chi connectivity index (χ1v) is 14.8. The summed E-state index contributed by atoms with van der Waals surface area (Å²) in [5.74, 6) is 0.0682. The van der Waals surface area contributed by atoms with Gasteiger partial charge >= 0.3 is 0 Å². The third kappa shape index (κ3) is 5.62. The molecule has 2 aliphatic rings. The number of fused-ring (bicyclic) bond motifs is 1. The van der Waals surface area contributed by atoms with E-state index in [0.29, 0.717) is 41.3 Å². The van der Waals surface area contributed by atoms with Crippen LogP contribution in [0.1, 0.15) is 23.2 Å². The SMILES string of the molecule is O=C(c1cccc2ccccc12)N1CCN(CC2C[C@@H](S)CN2)[C@@H](CCS(=O)(=O)c2ccccc2)C1. The van der Waals surface area contributed by atoms with Gasteiger partial charge in [-0.05, 0) is 41.8 Å². The first-order chi connectivity index (χ1) is 17.4. The fourth-order valence-electron chi connectivity index (χ4n) is 5.43. The molecule has 3 atom stereocenters. The molecule has 2 heterocycles. The van der Waals surface area contributed by atoms with Crippen molar-refractivity contribution in [2.24, 2.45) is 0 Å². The lowest BCUT2D eigenvalue weighted by Crippen LogP contribution is -2.57. The number of nitrogens with one attached hydrogen (secondary N) is 1. The lowest BCUT2D eigenvalue weighted by atomic mass is 10.0. The number of hydrogen-bond acceptors (Lipinski definition) is 6. The molecular formula is C28H33N3O3S2. The average Bonchev–Trinajstić information content (AvgIpc) is 3.32. The van der Waals surface area contributed by atoms with Crippen LogP contribution in [-0.2, 0) is 9.84 Å². The van der Waals surface area contributed by atoms with Crippen molar-refractivity contribution in [3.05, 3.63) is 78.4 Å². The maximum atomic E-state index is 13.6. The number of sulfone groups is 1. The minimum Gasteiger partial charge on any atom is -0.336 e. The van der Waals surface area contributed by atoms with Crippen LogP contribution in [0.2, 0.25) is 0 Å². The van der Waals surface area contributed by atoms with Crippen LogP contribution < -0.4 is 5.32 Å². The Bertz CT molecular complexity index is 1310. The van der Waals surface area contributed by atoms with E-state index in [0.717, 1.165) is 36.8 Å². The van der Waals surface area contributed by atoms with Crippen molar-refractivity contribution in [2.75, 3.05) is 38.5 Å². The lowest BCUT2D eigenvalue weighted by Gasteiger charge is -2.42. The summed E-state index contributed by atoms with van der Waals surface area (Å²) in [6.07, 6.45) is 1.47. The second kappa shape index (κ2) is 10.9. The van der Waals surface area contributed by atoms with E-state index in [-0.39, 0.29) is 17.7 Å². The standard InChI is InChI=1S/C28H33N3O3S2/c32-28(27-12-6-8-21-7-4-5-11-26(21)27)31-15-14-30(19-22-17-24(35)18-29-22)23(20-31)13-16-36(33,34)25-9-2-1-3-10-25/h1-12,22-24,29,35H,13-20H2/t22?,23-,24+/m0/s1. The molecule has 1 unspecified atom stereocenters. The number of carbonyl (C=O) groups excluding carboxylic acids is 1. The minimum atomic E-state index is -3.40. The van der Waals surface area contributed by atoms with Crippen LogP contribution in [0.4, 0.5) is 0 Å². The van der Waals surface area contributed by atoms with Crippen LogP contribution in [0.15, 0.2) is 77.7 Å². The summed E-state index contributed by atoms with van der Waals surface area (Å²) in [6.45, 7) is 3.59. The first kappa shape index (κ1) is 25.3. The number of nitrogens with zero attached hydrogens (tertiary/aromatic N) is 2. The number of amides is 1. The fourth-order valence-corrected chi connectivity index (χ4v) is 7.18. The Hall–Kier alpha value is -2.39. The van der Waals surface area contributed by atoms with E-state index in [4.69, 9.17) is 0 Å². The van der Waals surface area contributed by atoms with Crippen LogP contribution >= 0.6 is 12.6 Å². The summed E-state index contributed by atoms with van der Waals surface area (Å²) in [4.78, 5) is 18.3. The minimum absolute atomic E-state index is 0.0109. The zero-order valence-corrected chi connectivity index (χ0v) is 22.0. The number of carbonyl (C=O) groups is 1. The molecule has 0 radical (unpaired) electrons. The number of thiol groups is 1. The van der Waals surface area contributed by atoms with Crippen LogP contribution in [0, 0.1) is 0 Å². The topological polar surface area (TPSA) is 69.7 Å². The molecule has 1 amide bonds. The van der Waals surface area contributed by atoms with E-state index in [2.05, 4.69) is 22.8 Å². The second-order valence-corrected chi connectivity index (χ2v) is 12.7. The number of benzene rings is 3. The van der Waals surface area contributed by atoms with Gasteiger partial charge in [-0.2, -0.15) is 12.6 Å². The van der Waals surface area contributed by atoms with E-state index in [1.165, 1.54) is 0 Å². The van der Waals surface area contributed by atoms with Crippen molar-refractivity contribution >= 4 is 39.1 Å². The summed E-state index contributed by atoms with van der Waals surface area (Å²) >= 11 is 4.61. The molecule has 0 aromatic heterocycles. The molecule has 2 aliphatic heterocycles. The van der Waals surface area contributed by atoms with E-state index < -0.39 is 9.84 Å². The highest BCUT2D eigenvalue weighted by atomic mass is 32.2. The number of rotatable bonds is 7. The smallest absolute Gasteiger partial charge is 0.254 e. The van der Waals surface area contributed by atoms with Gasteiger partial charge in [0, 0.05) is 55.6 Å². The Morgan fingerprint density at radius 3 is 2.50 bits per heavy atom. The Morgan fingerprint density at radius 1 is 0.972 bits per heavy atom. The molecule has 1 N–H and O–H groups in total. The highest BCUT2D eigenvalue weighted by Gasteiger charge is 2.34. The molecule has 2 saturated heterocycles. The Balaban J connectivity index is 1.34. The normalized spacial score (nSPS) is 23.2. The van der Waals surface area contributed by atoms with E-state index in [1.807, 2.05) is 53.4 Å². The quantitative estimate of drug-likeness (QED) is 0.464. The molecule has 0 bridgehead atoms. The highest BCUT2D eigenvalue weighted by molar-refractivity contribution is 7.91. The van der Waals surface area contributed by atoms with E-state index in [9.17, 15) is 13.2 Å². The van der Waals surface area contributed by atoms with Crippen LogP contribution in [0.3, 0.4) is 0 Å². The summed E-state index contributed by atoms with van der Waals surface area (Å²) < 4.78 is 26.1. The van der Waals surface area contributed by atoms with Crippen LogP contribution in [0.25, 0.3) is 10.8 Å². The Morgan fingerprint density at radius 2 is 1.72 bits per heavy atom. The Labute approximate surface area is 219 Å². The second-order valence-electron chi connectivity index (χ2n) is 9.84. The predicted molar refractivity (Wildman–Crippen MR) is 148 cm³/mol. The molecule has 36 heavy (non-hydrogen) atoms. The average molecular weight is 524 g/mol. The molecule has 3 aromatic rings. The van der Waals surface area contributed by atoms with Gasteiger partial charge in [0.05, 0.1) is 10.6 Å². The predicted octanol–water partition coefficient (Wildman–Crippen LogP) is 3.49. The van der Waals surface area contributed by atoms with Crippen molar-refractivity contribution in [1.29, 1.82) is 0 Å². The van der Waals surface area contributed by atoms with Gasteiger partial charge in [-0.25, -0.2) is 8.42 Å². The van der Waals surface area contributed by atoms with Crippen LogP contribution in [0.5, 0.6) is 0 Å². The van der Waals surface area contributed by atoms with Gasteiger partial charge in [-0.1, -0.05) is 54.6 Å². The highest BCUT2D eigenvalue weighted by Crippen LogP contribution is 2.24. The number of hydrogen-bond donors (Lipinski definition) is 2. The zero-order chi connectivity index (χ0) is 25.1. The van der Waals surface area contributed by atoms with Crippen molar-refractivity contribution in [1.82, 2.24) is 15.1 Å². The van der Waals surface area contributed by atoms with Crippen LogP contribution in [-0.4, -0.2) is 79.9 Å². The third-order valence-electron chi connectivity index (χ3n) is 7.39. The van der Waals surface area contributed by atoms with E-state index in [1.54, 1.807) is 24.3 Å². The maximum Gasteiger partial charge on any atom is 0.254 e. The van der Waals surface area contributed by atoms with Gasteiger partial charge in [0.15, 0.2) is 9.84 Å². The fraction of sp³-hybridized carbons (Fsp3) is 0.393. The summed E-state index contributed by atoms with van der Waals surface area (Å²) in [7, 11) is -3.40. The molecule has 8 heteroatoms. The van der Waals surface area contributed by atoms with Gasteiger partial charge < -0.3 is 10.2 Å². The van der Waals surface area contributed by atoms with E-state index >= 15 is 0 Å². The summed E-state index contributed by atoms with van der Waals surface area (Å²) in [5.41, 5.74) is 0.701. The van der Waals surface area contributed by atoms with Gasteiger partial charge in [-0.3, -0.25) is 9.69 Å². The molecule has 5 rings (SSSR count). The number of piperazine rings is 1. The summed E-state index contributed by atoms with van der Waals surface area (Å²) in [5, 5.41) is 5.88. The third-order valence-corrected chi connectivity index (χ3v) is 9.54.